The van der Waals surface area contributed by atoms with Gasteiger partial charge in [-0.05, 0) is 13.3 Å². The van der Waals surface area contributed by atoms with E-state index < -0.39 is 17.5 Å². The van der Waals surface area contributed by atoms with Crippen molar-refractivity contribution >= 4 is 17.7 Å². The van der Waals surface area contributed by atoms with Crippen LogP contribution in [0.15, 0.2) is 0 Å². The molecule has 0 spiro atoms. The van der Waals surface area contributed by atoms with Gasteiger partial charge in [-0.3, -0.25) is 14.4 Å². The normalized spacial score (nSPS) is 20.3. The Balaban J connectivity index is 2.60. The van der Waals surface area contributed by atoms with Gasteiger partial charge in [0.25, 0.3) is 0 Å². The van der Waals surface area contributed by atoms with E-state index in [1.807, 2.05) is 20.8 Å². The van der Waals surface area contributed by atoms with Crippen LogP contribution in [0.5, 0.6) is 0 Å². The predicted molar refractivity (Wildman–Crippen MR) is 71.2 cm³/mol. The zero-order chi connectivity index (χ0) is 14.8. The van der Waals surface area contributed by atoms with Gasteiger partial charge >= 0.3 is 0 Å². The Labute approximate surface area is 113 Å². The highest BCUT2D eigenvalue weighted by Gasteiger charge is 2.41. The summed E-state index contributed by atoms with van der Waals surface area (Å²) < 4.78 is 0. The minimum Gasteiger partial charge on any atom is -0.357 e. The lowest BCUT2D eigenvalue weighted by atomic mass is 9.90. The molecule has 1 rings (SSSR count). The third-order valence-corrected chi connectivity index (χ3v) is 3.22. The summed E-state index contributed by atoms with van der Waals surface area (Å²) in [7, 11) is 1.52. The molecule has 0 bridgehead atoms. The molecule has 0 saturated carbocycles. The Morgan fingerprint density at radius 2 is 1.84 bits per heavy atom. The molecule has 1 aliphatic rings. The maximum Gasteiger partial charge on any atom is 0.243 e. The molecule has 1 saturated heterocycles. The first-order valence-corrected chi connectivity index (χ1v) is 6.51. The van der Waals surface area contributed by atoms with Gasteiger partial charge in [0.2, 0.25) is 17.7 Å². The highest BCUT2D eigenvalue weighted by Crippen LogP contribution is 2.26. The van der Waals surface area contributed by atoms with Gasteiger partial charge in [0.05, 0.1) is 0 Å². The number of nitrogens with one attached hydrogen (secondary N) is 2. The molecule has 0 aromatic rings. The van der Waals surface area contributed by atoms with Crippen molar-refractivity contribution in [2.24, 2.45) is 5.41 Å². The first-order chi connectivity index (χ1) is 8.68. The number of carbonyl (C=O) groups excluding carboxylic acids is 3. The molecule has 0 radical (unpaired) electrons. The molecular formula is C13H23N3O3. The molecule has 19 heavy (non-hydrogen) atoms. The van der Waals surface area contributed by atoms with Crippen molar-refractivity contribution in [3.63, 3.8) is 0 Å². The number of hydrogen-bond donors (Lipinski definition) is 2. The predicted octanol–water partition coefficient (Wildman–Crippen LogP) is -0.116. The van der Waals surface area contributed by atoms with Crippen molar-refractivity contribution in [1.82, 2.24) is 15.5 Å². The molecule has 108 valence electrons. The van der Waals surface area contributed by atoms with E-state index in [1.165, 1.54) is 7.05 Å². The van der Waals surface area contributed by atoms with Gasteiger partial charge in [-0.2, -0.15) is 0 Å². The summed E-state index contributed by atoms with van der Waals surface area (Å²) in [6.45, 7) is 7.70. The van der Waals surface area contributed by atoms with Crippen molar-refractivity contribution in [1.29, 1.82) is 0 Å². The minimum atomic E-state index is -0.593. The van der Waals surface area contributed by atoms with Gasteiger partial charge in [-0.1, -0.05) is 20.8 Å². The molecule has 0 aliphatic carbocycles. The summed E-state index contributed by atoms with van der Waals surface area (Å²) in [4.78, 5) is 37.0. The number of likely N-dealkylation sites (tertiary alicyclic amines) is 1. The van der Waals surface area contributed by atoms with Gasteiger partial charge in [-0.25, -0.2) is 0 Å². The largest absolute Gasteiger partial charge is 0.357 e. The van der Waals surface area contributed by atoms with Crippen molar-refractivity contribution in [3.8, 4) is 0 Å². The Morgan fingerprint density at radius 3 is 2.21 bits per heavy atom. The van der Waals surface area contributed by atoms with Crippen molar-refractivity contribution in [2.45, 2.75) is 46.2 Å². The van der Waals surface area contributed by atoms with Crippen molar-refractivity contribution in [3.05, 3.63) is 0 Å². The van der Waals surface area contributed by atoms with Crippen molar-refractivity contribution < 1.29 is 14.4 Å². The second kappa shape index (κ2) is 5.59. The van der Waals surface area contributed by atoms with Crippen molar-refractivity contribution in [2.75, 3.05) is 13.6 Å². The van der Waals surface area contributed by atoms with Crippen LogP contribution >= 0.6 is 0 Å². The SMILES string of the molecule is CNC(=O)[C@H](C)NC(=O)[C@@H]1CCN1C(=O)C(C)(C)C. The number of amides is 3. The first kappa shape index (κ1) is 15.5. The van der Waals surface area contributed by atoms with Crippen LogP contribution in [0.3, 0.4) is 0 Å². The van der Waals surface area contributed by atoms with Gasteiger partial charge < -0.3 is 15.5 Å². The van der Waals surface area contributed by atoms with E-state index in [0.29, 0.717) is 13.0 Å². The van der Waals surface area contributed by atoms with Gasteiger partial charge in [-0.15, -0.1) is 0 Å². The maximum atomic E-state index is 12.1. The summed E-state index contributed by atoms with van der Waals surface area (Å²) in [5, 5.41) is 5.09. The van der Waals surface area contributed by atoms with Crippen LogP contribution in [-0.2, 0) is 14.4 Å². The van der Waals surface area contributed by atoms with E-state index in [1.54, 1.807) is 11.8 Å². The molecular weight excluding hydrogens is 246 g/mol. The molecule has 0 aromatic heterocycles. The number of hydrogen-bond acceptors (Lipinski definition) is 3. The average Bonchev–Trinajstić information content (AvgIpc) is 2.24. The molecule has 0 aromatic carbocycles. The molecule has 1 heterocycles. The Morgan fingerprint density at radius 1 is 1.26 bits per heavy atom. The second-order valence-corrected chi connectivity index (χ2v) is 5.90. The molecule has 0 unspecified atom stereocenters. The fourth-order valence-corrected chi connectivity index (χ4v) is 1.93. The molecule has 6 nitrogen and oxygen atoms in total. The molecule has 2 N–H and O–H groups in total. The van der Waals surface area contributed by atoms with Gasteiger partial charge in [0, 0.05) is 19.0 Å². The van der Waals surface area contributed by atoms with Crippen LogP contribution in [0.25, 0.3) is 0 Å². The van der Waals surface area contributed by atoms with Crippen LogP contribution in [0.4, 0.5) is 0 Å². The van der Waals surface area contributed by atoms with Crippen LogP contribution in [-0.4, -0.2) is 48.3 Å². The van der Waals surface area contributed by atoms with Crippen LogP contribution < -0.4 is 10.6 Å². The lowest BCUT2D eigenvalue weighted by molar-refractivity contribution is -0.154. The van der Waals surface area contributed by atoms with E-state index in [4.69, 9.17) is 0 Å². The van der Waals surface area contributed by atoms with Gasteiger partial charge in [0.15, 0.2) is 0 Å². The number of likely N-dealkylation sites (N-methyl/N-ethyl adjacent to an activating group) is 1. The first-order valence-electron chi connectivity index (χ1n) is 6.51. The zero-order valence-electron chi connectivity index (χ0n) is 12.2. The quantitative estimate of drug-likeness (QED) is 0.750. The third kappa shape index (κ3) is 3.45. The van der Waals surface area contributed by atoms with Crippen LogP contribution in [0.2, 0.25) is 0 Å². The molecule has 3 amide bonds. The summed E-state index contributed by atoms with van der Waals surface area (Å²) in [5.41, 5.74) is -0.495. The van der Waals surface area contributed by atoms with E-state index in [2.05, 4.69) is 10.6 Å². The molecule has 2 atom stereocenters. The Bertz CT molecular complexity index is 387. The monoisotopic (exact) mass is 269 g/mol. The minimum absolute atomic E-state index is 0.0357. The van der Waals surface area contributed by atoms with E-state index in [-0.39, 0.29) is 17.7 Å². The van der Waals surface area contributed by atoms with Crippen LogP contribution in [0.1, 0.15) is 34.1 Å². The highest BCUT2D eigenvalue weighted by atomic mass is 16.2. The third-order valence-electron chi connectivity index (χ3n) is 3.22. The molecule has 1 fully saturated rings. The van der Waals surface area contributed by atoms with E-state index in [9.17, 15) is 14.4 Å². The topological polar surface area (TPSA) is 78.5 Å². The smallest absolute Gasteiger partial charge is 0.243 e. The lowest BCUT2D eigenvalue weighted by Crippen LogP contribution is -2.62. The molecule has 1 aliphatic heterocycles. The van der Waals surface area contributed by atoms with Gasteiger partial charge in [0.1, 0.15) is 12.1 Å². The lowest BCUT2D eigenvalue weighted by Gasteiger charge is -2.43. The summed E-state index contributed by atoms with van der Waals surface area (Å²) in [5.74, 6) is -0.548. The number of carbonyl (C=O) groups is 3. The average molecular weight is 269 g/mol. The summed E-state index contributed by atoms with van der Waals surface area (Å²) in [6.07, 6.45) is 0.647. The fourth-order valence-electron chi connectivity index (χ4n) is 1.93. The molecule has 6 heteroatoms. The second-order valence-electron chi connectivity index (χ2n) is 5.90. The fraction of sp³-hybridized carbons (Fsp3) is 0.769. The standard InChI is InChI=1S/C13H23N3O3/c1-8(10(17)14-5)15-11(18)9-6-7-16(9)12(19)13(2,3)4/h8-9H,6-7H2,1-5H3,(H,14,17)(H,15,18)/t8-,9-/m0/s1. The zero-order valence-corrected chi connectivity index (χ0v) is 12.2. The Hall–Kier alpha value is -1.59. The number of rotatable bonds is 3. The highest BCUT2D eigenvalue weighted by molar-refractivity contribution is 5.93. The maximum absolute atomic E-state index is 12.1. The summed E-state index contributed by atoms with van der Waals surface area (Å²) >= 11 is 0. The number of nitrogens with zero attached hydrogens (tertiary/aromatic N) is 1. The van der Waals surface area contributed by atoms with E-state index >= 15 is 0 Å². The summed E-state index contributed by atoms with van der Waals surface area (Å²) in [6, 6.07) is -1.04. The van der Waals surface area contributed by atoms with E-state index in [0.717, 1.165) is 0 Å². The Kier molecular flexibility index (Phi) is 4.55. The van der Waals surface area contributed by atoms with Crippen LogP contribution in [0, 0.1) is 5.41 Å².